The van der Waals surface area contributed by atoms with Gasteiger partial charge < -0.3 is 14.8 Å². The standard InChI is InChI=1S/C18H18BrNO3S/c1-12(18(21)20-14-5-3-13(19)4-6-14)24-15-7-8-16-17(11-15)23-10-2-9-22-16/h3-8,11-12H,2,9-10H2,1H3,(H,20,21)/t12-/m1/s1. The van der Waals surface area contributed by atoms with E-state index in [2.05, 4.69) is 21.2 Å². The van der Waals surface area contributed by atoms with Gasteiger partial charge in [-0.1, -0.05) is 15.9 Å². The number of carbonyl (C=O) groups excluding carboxylic acids is 1. The molecule has 0 fully saturated rings. The highest BCUT2D eigenvalue weighted by molar-refractivity contribution is 9.10. The van der Waals surface area contributed by atoms with Crippen molar-refractivity contribution in [3.63, 3.8) is 0 Å². The molecule has 6 heteroatoms. The van der Waals surface area contributed by atoms with E-state index in [1.807, 2.05) is 49.4 Å². The second-order valence-electron chi connectivity index (χ2n) is 5.42. The smallest absolute Gasteiger partial charge is 0.237 e. The van der Waals surface area contributed by atoms with Crippen molar-refractivity contribution in [2.75, 3.05) is 18.5 Å². The van der Waals surface area contributed by atoms with Gasteiger partial charge >= 0.3 is 0 Å². The summed E-state index contributed by atoms with van der Waals surface area (Å²) in [4.78, 5) is 13.3. The molecular weight excluding hydrogens is 390 g/mol. The van der Waals surface area contributed by atoms with E-state index in [4.69, 9.17) is 9.47 Å². The van der Waals surface area contributed by atoms with Crippen molar-refractivity contribution < 1.29 is 14.3 Å². The molecule has 1 aliphatic heterocycles. The summed E-state index contributed by atoms with van der Waals surface area (Å²) in [5, 5.41) is 2.70. The number of amides is 1. The third kappa shape index (κ3) is 4.45. The first kappa shape index (κ1) is 17.2. The first-order valence-electron chi connectivity index (χ1n) is 7.74. The second-order valence-corrected chi connectivity index (χ2v) is 7.75. The predicted molar refractivity (Wildman–Crippen MR) is 100 cm³/mol. The van der Waals surface area contributed by atoms with Crippen molar-refractivity contribution in [2.45, 2.75) is 23.5 Å². The van der Waals surface area contributed by atoms with Crippen LogP contribution in [0, 0.1) is 0 Å². The van der Waals surface area contributed by atoms with Gasteiger partial charge in [0.15, 0.2) is 11.5 Å². The Morgan fingerprint density at radius 2 is 1.83 bits per heavy atom. The molecule has 24 heavy (non-hydrogen) atoms. The Bertz CT molecular complexity index is 721. The number of hydrogen-bond donors (Lipinski definition) is 1. The third-order valence-corrected chi connectivity index (χ3v) is 5.14. The molecule has 1 aliphatic rings. The molecule has 3 rings (SSSR count). The molecule has 1 atom stereocenters. The Morgan fingerprint density at radius 1 is 1.12 bits per heavy atom. The van der Waals surface area contributed by atoms with E-state index >= 15 is 0 Å². The summed E-state index contributed by atoms with van der Waals surface area (Å²) < 4.78 is 12.3. The van der Waals surface area contributed by atoms with Crippen LogP contribution < -0.4 is 14.8 Å². The van der Waals surface area contributed by atoms with Crippen LogP contribution in [0.5, 0.6) is 11.5 Å². The van der Waals surface area contributed by atoms with E-state index in [-0.39, 0.29) is 11.2 Å². The van der Waals surface area contributed by atoms with E-state index in [1.54, 1.807) is 0 Å². The molecule has 2 aromatic carbocycles. The van der Waals surface area contributed by atoms with Crippen molar-refractivity contribution in [3.05, 3.63) is 46.9 Å². The Kier molecular flexibility index (Phi) is 5.68. The van der Waals surface area contributed by atoms with Crippen molar-refractivity contribution in [3.8, 4) is 11.5 Å². The molecule has 0 unspecified atom stereocenters. The highest BCUT2D eigenvalue weighted by atomic mass is 79.9. The van der Waals surface area contributed by atoms with Gasteiger partial charge in [0, 0.05) is 21.5 Å². The minimum absolute atomic E-state index is 0.0329. The third-order valence-electron chi connectivity index (χ3n) is 3.51. The molecule has 1 amide bonds. The molecule has 1 heterocycles. The zero-order valence-corrected chi connectivity index (χ0v) is 15.7. The Balaban J connectivity index is 1.63. The number of fused-ring (bicyclic) bond motifs is 1. The van der Waals surface area contributed by atoms with Gasteiger partial charge in [0.05, 0.1) is 18.5 Å². The lowest BCUT2D eigenvalue weighted by atomic mass is 10.3. The first-order valence-corrected chi connectivity index (χ1v) is 9.42. The number of hydrogen-bond acceptors (Lipinski definition) is 4. The molecule has 1 N–H and O–H groups in total. The van der Waals surface area contributed by atoms with Crippen molar-refractivity contribution in [2.24, 2.45) is 0 Å². The predicted octanol–water partition coefficient (Wildman–Crippen LogP) is 4.73. The zero-order chi connectivity index (χ0) is 16.9. The summed E-state index contributed by atoms with van der Waals surface area (Å²) in [5.41, 5.74) is 0.786. The topological polar surface area (TPSA) is 47.6 Å². The van der Waals surface area contributed by atoms with Gasteiger partial charge in [-0.25, -0.2) is 0 Å². The van der Waals surface area contributed by atoms with Crippen LogP contribution in [0.15, 0.2) is 51.8 Å². The Labute approximate surface area is 154 Å². The molecule has 0 saturated carbocycles. The maximum atomic E-state index is 12.3. The molecule has 4 nitrogen and oxygen atoms in total. The van der Waals surface area contributed by atoms with Crippen LogP contribution in [0.2, 0.25) is 0 Å². The van der Waals surface area contributed by atoms with E-state index in [0.717, 1.165) is 33.0 Å². The minimum Gasteiger partial charge on any atom is -0.490 e. The van der Waals surface area contributed by atoms with Crippen LogP contribution in [0.4, 0.5) is 5.69 Å². The van der Waals surface area contributed by atoms with Gasteiger partial charge in [-0.3, -0.25) is 4.79 Å². The van der Waals surface area contributed by atoms with Gasteiger partial charge in [0.1, 0.15) is 0 Å². The van der Waals surface area contributed by atoms with Crippen LogP contribution in [0.3, 0.4) is 0 Å². The summed E-state index contributed by atoms with van der Waals surface area (Å²) in [5.74, 6) is 1.48. The molecule has 126 valence electrons. The lowest BCUT2D eigenvalue weighted by Gasteiger charge is -2.14. The van der Waals surface area contributed by atoms with Gasteiger partial charge in [0.2, 0.25) is 5.91 Å². The average molecular weight is 408 g/mol. The largest absolute Gasteiger partial charge is 0.490 e. The lowest BCUT2D eigenvalue weighted by Crippen LogP contribution is -2.22. The Hall–Kier alpha value is -1.66. The quantitative estimate of drug-likeness (QED) is 0.744. The van der Waals surface area contributed by atoms with Crippen LogP contribution in [0.25, 0.3) is 0 Å². The summed E-state index contributed by atoms with van der Waals surface area (Å²) in [6.07, 6.45) is 0.878. The van der Waals surface area contributed by atoms with E-state index in [0.29, 0.717) is 13.2 Å². The number of thioether (sulfide) groups is 1. The minimum atomic E-state index is -0.224. The molecular formula is C18H18BrNO3S. The molecule has 2 aromatic rings. The van der Waals surface area contributed by atoms with Crippen LogP contribution in [-0.4, -0.2) is 24.4 Å². The maximum absolute atomic E-state index is 12.3. The molecule has 0 spiro atoms. The monoisotopic (exact) mass is 407 g/mol. The van der Waals surface area contributed by atoms with Crippen LogP contribution in [0.1, 0.15) is 13.3 Å². The maximum Gasteiger partial charge on any atom is 0.237 e. The van der Waals surface area contributed by atoms with Crippen molar-refractivity contribution >= 4 is 39.3 Å². The number of halogens is 1. The second kappa shape index (κ2) is 7.94. The number of nitrogens with one attached hydrogen (secondary N) is 1. The summed E-state index contributed by atoms with van der Waals surface area (Å²) in [6.45, 7) is 3.22. The normalized spacial score (nSPS) is 14.6. The highest BCUT2D eigenvalue weighted by Crippen LogP contribution is 2.35. The lowest BCUT2D eigenvalue weighted by molar-refractivity contribution is -0.115. The van der Waals surface area contributed by atoms with Gasteiger partial charge in [-0.15, -0.1) is 11.8 Å². The summed E-state index contributed by atoms with van der Waals surface area (Å²) in [7, 11) is 0. The van der Waals surface area contributed by atoms with Gasteiger partial charge in [-0.05, 0) is 49.4 Å². The van der Waals surface area contributed by atoms with E-state index < -0.39 is 0 Å². The highest BCUT2D eigenvalue weighted by Gasteiger charge is 2.17. The van der Waals surface area contributed by atoms with Gasteiger partial charge in [-0.2, -0.15) is 0 Å². The van der Waals surface area contributed by atoms with Gasteiger partial charge in [0.25, 0.3) is 0 Å². The Morgan fingerprint density at radius 3 is 2.58 bits per heavy atom. The number of benzene rings is 2. The van der Waals surface area contributed by atoms with Crippen LogP contribution in [-0.2, 0) is 4.79 Å². The molecule has 0 aromatic heterocycles. The molecule has 0 radical (unpaired) electrons. The summed E-state index contributed by atoms with van der Waals surface area (Å²) >= 11 is 4.88. The number of ether oxygens (including phenoxy) is 2. The van der Waals surface area contributed by atoms with Crippen LogP contribution >= 0.6 is 27.7 Å². The molecule has 0 bridgehead atoms. The first-order chi connectivity index (χ1) is 11.6. The average Bonchev–Trinajstić information content (AvgIpc) is 2.81. The van der Waals surface area contributed by atoms with E-state index in [9.17, 15) is 4.79 Å². The summed E-state index contributed by atoms with van der Waals surface area (Å²) in [6, 6.07) is 13.3. The molecule has 0 saturated heterocycles. The molecule has 0 aliphatic carbocycles. The zero-order valence-electron chi connectivity index (χ0n) is 13.3. The SMILES string of the molecule is C[C@@H](Sc1ccc2c(c1)OCCCO2)C(=O)Nc1ccc(Br)cc1. The number of carbonyl (C=O) groups is 1. The fraction of sp³-hybridized carbons (Fsp3) is 0.278. The van der Waals surface area contributed by atoms with E-state index in [1.165, 1.54) is 11.8 Å². The fourth-order valence-corrected chi connectivity index (χ4v) is 3.41. The number of anilines is 1. The van der Waals surface area contributed by atoms with Crippen molar-refractivity contribution in [1.29, 1.82) is 0 Å². The fourth-order valence-electron chi connectivity index (χ4n) is 2.25. The van der Waals surface area contributed by atoms with Crippen molar-refractivity contribution in [1.82, 2.24) is 0 Å². The number of rotatable bonds is 4.